The molecule has 0 aliphatic carbocycles. The molecule has 0 fully saturated rings. The van der Waals surface area contributed by atoms with E-state index >= 15 is 0 Å². The molecule has 0 saturated carbocycles. The smallest absolute Gasteiger partial charge is 0.266 e. The fourth-order valence-electron chi connectivity index (χ4n) is 8.27. The second kappa shape index (κ2) is 13.6. The van der Waals surface area contributed by atoms with E-state index in [0.717, 1.165) is 78.0 Å². The van der Waals surface area contributed by atoms with Gasteiger partial charge in [-0.2, -0.15) is 0 Å². The highest BCUT2D eigenvalue weighted by molar-refractivity contribution is 6.34. The van der Waals surface area contributed by atoms with E-state index in [4.69, 9.17) is 0 Å². The lowest BCUT2D eigenvalue weighted by molar-refractivity contribution is 0.0924. The van der Waals surface area contributed by atoms with E-state index in [1.54, 1.807) is 11.0 Å². The number of carbonyl (C=O) groups excluding carboxylic acids is 3. The molecule has 5 nitrogen and oxygen atoms in total. The van der Waals surface area contributed by atoms with Gasteiger partial charge in [-0.15, -0.1) is 0 Å². The lowest BCUT2D eigenvalue weighted by Crippen LogP contribution is -2.29. The Labute approximate surface area is 333 Å². The van der Waals surface area contributed by atoms with Crippen LogP contribution in [-0.2, 0) is 0 Å². The first-order chi connectivity index (χ1) is 27.5. The molecule has 0 atom stereocenters. The van der Waals surface area contributed by atoms with Crippen molar-refractivity contribution in [1.82, 2.24) is 0 Å². The molecule has 0 N–H and O–H groups in total. The number of rotatable bonds is 6. The Hall–Kier alpha value is -7.11. The number of imide groups is 1. The van der Waals surface area contributed by atoms with Crippen LogP contribution in [0.4, 0.5) is 11.4 Å². The predicted molar refractivity (Wildman–Crippen MR) is 232 cm³/mol. The summed E-state index contributed by atoms with van der Waals surface area (Å²) < 4.78 is 0. The van der Waals surface area contributed by atoms with Gasteiger partial charge in [0.25, 0.3) is 17.7 Å². The first-order valence-electron chi connectivity index (χ1n) is 19.1. The van der Waals surface area contributed by atoms with E-state index < -0.39 is 0 Å². The number of anilines is 2. The van der Waals surface area contributed by atoms with Crippen LogP contribution in [0, 0.1) is 34.6 Å². The maximum Gasteiger partial charge on any atom is 0.266 e. The summed E-state index contributed by atoms with van der Waals surface area (Å²) in [6.45, 7) is 14.6. The van der Waals surface area contributed by atoms with Gasteiger partial charge >= 0.3 is 0 Å². The number of nitrogens with zero attached hydrogens (tertiary/aromatic N) is 2. The van der Waals surface area contributed by atoms with Crippen LogP contribution in [0.1, 0.15) is 64.5 Å². The van der Waals surface area contributed by atoms with Crippen LogP contribution in [0.3, 0.4) is 0 Å². The highest BCUT2D eigenvalue weighted by atomic mass is 16.2. The van der Waals surface area contributed by atoms with Crippen molar-refractivity contribution < 1.29 is 14.4 Å². The number of carbonyl (C=O) groups is 3. The van der Waals surface area contributed by atoms with Crippen molar-refractivity contribution in [2.45, 2.75) is 34.6 Å². The van der Waals surface area contributed by atoms with E-state index in [9.17, 15) is 14.4 Å². The van der Waals surface area contributed by atoms with Gasteiger partial charge in [0.2, 0.25) is 0 Å². The van der Waals surface area contributed by atoms with Crippen LogP contribution in [-0.4, -0.2) is 17.7 Å². The molecule has 3 amide bonds. The van der Waals surface area contributed by atoms with E-state index in [0.29, 0.717) is 28.1 Å². The van der Waals surface area contributed by atoms with Crippen molar-refractivity contribution >= 4 is 34.8 Å². The van der Waals surface area contributed by atoms with Crippen LogP contribution >= 0.6 is 0 Å². The van der Waals surface area contributed by atoms with Gasteiger partial charge in [-0.25, -0.2) is 4.90 Å². The van der Waals surface area contributed by atoms with Gasteiger partial charge in [-0.1, -0.05) is 115 Å². The Morgan fingerprint density at radius 2 is 0.719 bits per heavy atom. The molecule has 2 heterocycles. The molecule has 0 saturated heterocycles. The van der Waals surface area contributed by atoms with Crippen LogP contribution < -0.4 is 9.80 Å². The number of benzene rings is 7. The average molecular weight is 741 g/mol. The molecule has 2 aliphatic heterocycles. The van der Waals surface area contributed by atoms with Crippen molar-refractivity contribution in [1.29, 1.82) is 0 Å². The zero-order valence-electron chi connectivity index (χ0n) is 32.6. The normalized spacial score (nSPS) is 13.4. The Balaban J connectivity index is 0.946. The number of hydrogen-bond acceptors (Lipinski definition) is 3. The van der Waals surface area contributed by atoms with Gasteiger partial charge in [0, 0.05) is 11.3 Å². The summed E-state index contributed by atoms with van der Waals surface area (Å²) in [6, 6.07) is 46.3. The number of fused-ring (bicyclic) bond motifs is 2. The molecule has 7 aromatic carbocycles. The maximum atomic E-state index is 13.8. The zero-order valence-corrected chi connectivity index (χ0v) is 32.6. The van der Waals surface area contributed by atoms with Crippen LogP contribution in [0.2, 0.25) is 0 Å². The predicted octanol–water partition coefficient (Wildman–Crippen LogP) is 12.3. The molecule has 9 rings (SSSR count). The largest absolute Gasteiger partial charge is 0.277 e. The fourth-order valence-corrected chi connectivity index (χ4v) is 8.27. The number of aryl methyl sites for hydroxylation is 5. The molecule has 0 aromatic heterocycles. The molecule has 0 radical (unpaired) electrons. The molecule has 2 aliphatic rings. The Kier molecular flexibility index (Phi) is 8.47. The molecule has 5 heteroatoms. The summed E-state index contributed by atoms with van der Waals surface area (Å²) >= 11 is 0. The Morgan fingerprint density at radius 1 is 0.333 bits per heavy atom. The summed E-state index contributed by atoms with van der Waals surface area (Å²) in [5.41, 5.74) is 18.0. The van der Waals surface area contributed by atoms with Crippen molar-refractivity contribution in [2.24, 2.45) is 0 Å². The summed E-state index contributed by atoms with van der Waals surface area (Å²) in [6.07, 6.45) is 0. The molecule has 276 valence electrons. The summed E-state index contributed by atoms with van der Waals surface area (Å²) in [5.74, 6) is -0.698. The molecular formula is C52H40N2O3. The molecule has 0 bridgehead atoms. The highest BCUT2D eigenvalue weighted by Crippen LogP contribution is 2.41. The third-order valence-electron chi connectivity index (χ3n) is 11.5. The van der Waals surface area contributed by atoms with Crippen LogP contribution in [0.15, 0.2) is 146 Å². The van der Waals surface area contributed by atoms with Crippen molar-refractivity contribution in [2.75, 3.05) is 9.80 Å². The van der Waals surface area contributed by atoms with Gasteiger partial charge in [-0.05, 0) is 138 Å². The van der Waals surface area contributed by atoms with Crippen molar-refractivity contribution in [3.05, 3.63) is 196 Å². The fraction of sp³-hybridized carbons (Fsp3) is 0.0962. The minimum absolute atomic E-state index is 0.0760. The lowest BCUT2D eigenvalue weighted by atomic mass is 9.92. The molecule has 0 spiro atoms. The van der Waals surface area contributed by atoms with Gasteiger partial charge in [-0.3, -0.25) is 19.3 Å². The number of hydrogen-bond donors (Lipinski definition) is 0. The SMILES string of the molecule is C=C1c2ccc(-c3ccc(C)cc3)cc2C(=O)N1c1ccc(-c2ccc(-c3ccc(N4C(=O)c5ccc(-c6ccc(C)cc6)cc5C4=O)cc3C)c(C)c2)c(C)c1. The third-order valence-corrected chi connectivity index (χ3v) is 11.5. The van der Waals surface area contributed by atoms with E-state index in [-0.39, 0.29) is 17.7 Å². The maximum absolute atomic E-state index is 13.8. The number of amides is 3. The van der Waals surface area contributed by atoms with E-state index in [1.165, 1.54) is 10.5 Å². The summed E-state index contributed by atoms with van der Waals surface area (Å²) in [5, 5.41) is 0. The second-order valence-corrected chi connectivity index (χ2v) is 15.3. The molecule has 7 aromatic rings. The van der Waals surface area contributed by atoms with Gasteiger partial charge in [0.1, 0.15) is 0 Å². The molecule has 57 heavy (non-hydrogen) atoms. The minimum atomic E-state index is -0.312. The van der Waals surface area contributed by atoms with Crippen molar-refractivity contribution in [3.8, 4) is 44.5 Å². The first-order valence-corrected chi connectivity index (χ1v) is 19.1. The topological polar surface area (TPSA) is 57.7 Å². The average Bonchev–Trinajstić information content (AvgIpc) is 3.61. The zero-order chi connectivity index (χ0) is 39.7. The molecular weight excluding hydrogens is 701 g/mol. The summed E-state index contributed by atoms with van der Waals surface area (Å²) in [4.78, 5) is 44.1. The minimum Gasteiger partial charge on any atom is -0.277 e. The van der Waals surface area contributed by atoms with Crippen LogP contribution in [0.5, 0.6) is 0 Å². The second-order valence-electron chi connectivity index (χ2n) is 15.3. The van der Waals surface area contributed by atoms with Gasteiger partial charge in [0.05, 0.1) is 28.1 Å². The standard InChI is InChI=1S/C52H40N2O3/c1-30-7-11-36(12-8-30)38-15-21-46-35(6)53(51(56)48(46)28-38)41-18-23-43(33(4)26-41)40-17-20-44(32(3)25-40)45-24-19-42(27-34(45)5)54-50(55)47-22-16-39(29-49(47)52(54)57)37-13-9-31(2)10-14-37/h7-29H,6H2,1-5H3. The summed E-state index contributed by atoms with van der Waals surface area (Å²) in [7, 11) is 0. The monoisotopic (exact) mass is 740 g/mol. The third kappa shape index (κ3) is 6.00. The van der Waals surface area contributed by atoms with Crippen LogP contribution in [0.25, 0.3) is 50.2 Å². The van der Waals surface area contributed by atoms with Gasteiger partial charge < -0.3 is 0 Å². The Morgan fingerprint density at radius 3 is 1.26 bits per heavy atom. The van der Waals surface area contributed by atoms with E-state index in [2.05, 4.69) is 88.0 Å². The quantitative estimate of drug-likeness (QED) is 0.160. The Bertz CT molecular complexity index is 2860. The lowest BCUT2D eigenvalue weighted by Gasteiger charge is -2.20. The van der Waals surface area contributed by atoms with E-state index in [1.807, 2.05) is 86.6 Å². The highest BCUT2D eigenvalue weighted by Gasteiger charge is 2.37. The first kappa shape index (κ1) is 35.6. The molecule has 0 unspecified atom stereocenters. The van der Waals surface area contributed by atoms with Gasteiger partial charge in [0.15, 0.2) is 0 Å². The van der Waals surface area contributed by atoms with Crippen molar-refractivity contribution in [3.63, 3.8) is 0 Å².